The minimum Gasteiger partial charge on any atom is -0.465 e. The van der Waals surface area contributed by atoms with Gasteiger partial charge < -0.3 is 9.47 Å². The molecule has 2 unspecified atom stereocenters. The second-order valence-corrected chi connectivity index (χ2v) is 11.3. The Morgan fingerprint density at radius 3 is 1.14 bits per heavy atom. The molecule has 0 saturated heterocycles. The van der Waals surface area contributed by atoms with Crippen molar-refractivity contribution in [1.29, 1.82) is 0 Å². The Morgan fingerprint density at radius 1 is 0.500 bits per heavy atom. The first kappa shape index (κ1) is 33.0. The summed E-state index contributed by atoms with van der Waals surface area (Å²) < 4.78 is 11.1. The quantitative estimate of drug-likeness (QED) is 0.0961. The number of rotatable bonds is 24. The summed E-state index contributed by atoms with van der Waals surface area (Å²) in [6, 6.07) is 0. The molecule has 0 aliphatic heterocycles. The third-order valence-electron chi connectivity index (χ3n) is 7.83. The largest absolute Gasteiger partial charge is 0.465 e. The van der Waals surface area contributed by atoms with Crippen LogP contribution in [0.4, 0.5) is 0 Å². The molecule has 0 spiro atoms. The Morgan fingerprint density at radius 2 is 0.806 bits per heavy atom. The number of hydrogen-bond donors (Lipinski definition) is 0. The van der Waals surface area contributed by atoms with Gasteiger partial charge in [-0.1, -0.05) is 136 Å². The molecule has 212 valence electrons. The molecule has 0 N–H and O–H groups in total. The fourth-order valence-electron chi connectivity index (χ4n) is 5.38. The summed E-state index contributed by atoms with van der Waals surface area (Å²) in [5.74, 6) is -0.454. The Labute approximate surface area is 224 Å². The maximum absolute atomic E-state index is 12.5. The predicted molar refractivity (Wildman–Crippen MR) is 151 cm³/mol. The molecule has 4 nitrogen and oxygen atoms in total. The van der Waals surface area contributed by atoms with Crippen LogP contribution in [0.3, 0.4) is 0 Å². The van der Waals surface area contributed by atoms with Crippen LogP contribution in [0.5, 0.6) is 0 Å². The van der Waals surface area contributed by atoms with Crippen molar-refractivity contribution in [2.45, 2.75) is 168 Å². The molecule has 0 radical (unpaired) electrons. The normalized spacial score (nSPS) is 17.7. The molecule has 4 heteroatoms. The van der Waals surface area contributed by atoms with E-state index >= 15 is 0 Å². The van der Waals surface area contributed by atoms with Gasteiger partial charge in [-0.05, 0) is 32.1 Å². The second-order valence-electron chi connectivity index (χ2n) is 11.3. The van der Waals surface area contributed by atoms with E-state index in [-0.39, 0.29) is 23.8 Å². The molecular formula is C32H60O4. The van der Waals surface area contributed by atoms with E-state index in [9.17, 15) is 9.59 Å². The third kappa shape index (κ3) is 18.2. The summed E-state index contributed by atoms with van der Waals surface area (Å²) in [5, 5.41) is 0. The minimum atomic E-state index is -0.128. The lowest BCUT2D eigenvalue weighted by atomic mass is 9.81. The van der Waals surface area contributed by atoms with E-state index in [2.05, 4.69) is 13.8 Å². The van der Waals surface area contributed by atoms with Gasteiger partial charge in [0.2, 0.25) is 0 Å². The average molecular weight is 509 g/mol. The zero-order valence-electron chi connectivity index (χ0n) is 24.2. The van der Waals surface area contributed by atoms with Gasteiger partial charge in [0.25, 0.3) is 0 Å². The summed E-state index contributed by atoms with van der Waals surface area (Å²) in [6.45, 7) is 5.57. The summed E-state index contributed by atoms with van der Waals surface area (Å²) in [4.78, 5) is 25.0. The van der Waals surface area contributed by atoms with E-state index in [1.807, 2.05) is 0 Å². The van der Waals surface area contributed by atoms with Crippen LogP contribution in [-0.2, 0) is 19.1 Å². The van der Waals surface area contributed by atoms with E-state index in [1.54, 1.807) is 0 Å². The van der Waals surface area contributed by atoms with Gasteiger partial charge in [0.05, 0.1) is 25.0 Å². The first-order valence-electron chi connectivity index (χ1n) is 16.0. The molecular weight excluding hydrogens is 448 g/mol. The summed E-state index contributed by atoms with van der Waals surface area (Å²) in [5.41, 5.74) is 0. The fourth-order valence-corrected chi connectivity index (χ4v) is 5.38. The number of esters is 2. The standard InChI is InChI=1S/C32H60O4/c1-3-5-7-9-11-13-15-17-19-21-26-35-31(33)29-24-23-25-30(28-29)32(34)36-27-22-20-18-16-14-12-10-8-6-4-2/h29-30H,3-28H2,1-2H3. The van der Waals surface area contributed by atoms with Crippen LogP contribution in [0, 0.1) is 11.8 Å². The van der Waals surface area contributed by atoms with E-state index in [0.29, 0.717) is 19.6 Å². The molecule has 0 aromatic rings. The van der Waals surface area contributed by atoms with Crippen LogP contribution in [0.25, 0.3) is 0 Å². The molecule has 1 aliphatic rings. The Bertz CT molecular complexity index is 474. The maximum Gasteiger partial charge on any atom is 0.308 e. The average Bonchev–Trinajstić information content (AvgIpc) is 2.90. The topological polar surface area (TPSA) is 52.6 Å². The predicted octanol–water partition coefficient (Wildman–Crippen LogP) is 9.72. The maximum atomic E-state index is 12.5. The highest BCUT2D eigenvalue weighted by Crippen LogP contribution is 2.31. The first-order valence-corrected chi connectivity index (χ1v) is 16.0. The van der Waals surface area contributed by atoms with E-state index in [0.717, 1.165) is 44.9 Å². The van der Waals surface area contributed by atoms with E-state index < -0.39 is 0 Å². The fraction of sp³-hybridized carbons (Fsp3) is 0.938. The smallest absolute Gasteiger partial charge is 0.308 e. The minimum absolute atomic E-state index is 0.0990. The zero-order valence-corrected chi connectivity index (χ0v) is 24.2. The molecule has 0 aromatic heterocycles. The van der Waals surface area contributed by atoms with Crippen molar-refractivity contribution in [2.24, 2.45) is 11.8 Å². The van der Waals surface area contributed by atoms with Crippen molar-refractivity contribution in [3.8, 4) is 0 Å². The number of ether oxygens (including phenoxy) is 2. The lowest BCUT2D eigenvalue weighted by Gasteiger charge is -2.26. The Hall–Kier alpha value is -1.06. The number of carbonyl (C=O) groups is 2. The summed E-state index contributed by atoms with van der Waals surface area (Å²) >= 11 is 0. The summed E-state index contributed by atoms with van der Waals surface area (Å²) in [6.07, 6.45) is 28.7. The van der Waals surface area contributed by atoms with Crippen molar-refractivity contribution in [2.75, 3.05) is 13.2 Å². The highest BCUT2D eigenvalue weighted by Gasteiger charge is 2.32. The van der Waals surface area contributed by atoms with Crippen molar-refractivity contribution in [1.82, 2.24) is 0 Å². The van der Waals surface area contributed by atoms with Gasteiger partial charge in [0.15, 0.2) is 0 Å². The van der Waals surface area contributed by atoms with Gasteiger partial charge >= 0.3 is 11.9 Å². The van der Waals surface area contributed by atoms with Crippen LogP contribution in [-0.4, -0.2) is 25.2 Å². The van der Waals surface area contributed by atoms with E-state index in [1.165, 1.54) is 103 Å². The molecule has 1 aliphatic carbocycles. The number of hydrogen-bond acceptors (Lipinski definition) is 4. The van der Waals surface area contributed by atoms with Gasteiger partial charge in [0.1, 0.15) is 0 Å². The molecule has 1 fully saturated rings. The molecule has 36 heavy (non-hydrogen) atoms. The lowest BCUT2D eigenvalue weighted by Crippen LogP contribution is -2.30. The second kappa shape index (κ2) is 24.3. The molecule has 2 atom stereocenters. The molecule has 0 heterocycles. The number of carbonyl (C=O) groups excluding carboxylic acids is 2. The van der Waals surface area contributed by atoms with E-state index in [4.69, 9.17) is 9.47 Å². The van der Waals surface area contributed by atoms with Crippen molar-refractivity contribution in [3.63, 3.8) is 0 Å². The molecule has 1 rings (SSSR count). The van der Waals surface area contributed by atoms with Crippen LogP contribution in [0.1, 0.15) is 168 Å². The van der Waals surface area contributed by atoms with Crippen LogP contribution >= 0.6 is 0 Å². The zero-order chi connectivity index (χ0) is 26.1. The molecule has 0 bridgehead atoms. The molecule has 1 saturated carbocycles. The highest BCUT2D eigenvalue weighted by molar-refractivity contribution is 5.76. The van der Waals surface area contributed by atoms with Gasteiger partial charge in [-0.15, -0.1) is 0 Å². The van der Waals surface area contributed by atoms with Gasteiger partial charge in [-0.2, -0.15) is 0 Å². The molecule has 0 aromatic carbocycles. The van der Waals surface area contributed by atoms with Gasteiger partial charge in [-0.3, -0.25) is 9.59 Å². The van der Waals surface area contributed by atoms with Crippen LogP contribution in [0.15, 0.2) is 0 Å². The monoisotopic (exact) mass is 508 g/mol. The third-order valence-corrected chi connectivity index (χ3v) is 7.83. The van der Waals surface area contributed by atoms with Crippen molar-refractivity contribution >= 4 is 11.9 Å². The van der Waals surface area contributed by atoms with Crippen molar-refractivity contribution in [3.05, 3.63) is 0 Å². The lowest BCUT2D eigenvalue weighted by molar-refractivity contribution is -0.155. The summed E-state index contributed by atoms with van der Waals surface area (Å²) in [7, 11) is 0. The molecule has 0 amide bonds. The SMILES string of the molecule is CCCCCCCCCCCCOC(=O)C1CCCC(C(=O)OCCCCCCCCCCCC)C1. The van der Waals surface area contributed by atoms with Gasteiger partial charge in [-0.25, -0.2) is 0 Å². The van der Waals surface area contributed by atoms with Gasteiger partial charge in [0, 0.05) is 0 Å². The van der Waals surface area contributed by atoms with Crippen molar-refractivity contribution < 1.29 is 19.1 Å². The van der Waals surface area contributed by atoms with Crippen LogP contribution < -0.4 is 0 Å². The Kier molecular flexibility index (Phi) is 22.2. The number of unbranched alkanes of at least 4 members (excludes halogenated alkanes) is 18. The first-order chi connectivity index (χ1) is 17.7. The highest BCUT2D eigenvalue weighted by atomic mass is 16.5. The Balaban J connectivity index is 2.00. The van der Waals surface area contributed by atoms with Crippen LogP contribution in [0.2, 0.25) is 0 Å².